The summed E-state index contributed by atoms with van der Waals surface area (Å²) < 4.78 is 12.7. The van der Waals surface area contributed by atoms with Crippen molar-refractivity contribution in [3.05, 3.63) is 107 Å². The number of H-pyrrole nitrogens is 1. The van der Waals surface area contributed by atoms with Gasteiger partial charge in [0.1, 0.15) is 6.33 Å². The van der Waals surface area contributed by atoms with Gasteiger partial charge in [0.25, 0.3) is 5.91 Å². The van der Waals surface area contributed by atoms with Gasteiger partial charge < -0.3 is 19.9 Å². The number of amides is 1. The standard InChI is InChI=1S/C29H28N4O5S/c1-18(35)21-4-3-7-24(13-21)32-27(36)22-5-2-6-23(12-22)28-37-25(16-39-29-30-17-31-33-29)14-26(38-28)20-10-8-19(15-34)9-11-20/h2-13,17,25-26,28,34H,14-16H2,1H3,(H,32,36)(H,30,31,33). The molecule has 0 saturated carbocycles. The summed E-state index contributed by atoms with van der Waals surface area (Å²) in [5.41, 5.74) is 4.03. The van der Waals surface area contributed by atoms with Crippen LogP contribution in [0.15, 0.2) is 84.3 Å². The second-order valence-electron chi connectivity index (χ2n) is 9.17. The summed E-state index contributed by atoms with van der Waals surface area (Å²) in [6.07, 6.45) is 0.990. The summed E-state index contributed by atoms with van der Waals surface area (Å²) in [7, 11) is 0. The number of rotatable bonds is 9. The van der Waals surface area contributed by atoms with Gasteiger partial charge in [0.05, 0.1) is 18.8 Å². The molecule has 3 unspecified atom stereocenters. The summed E-state index contributed by atoms with van der Waals surface area (Å²) in [6.45, 7) is 1.46. The third-order valence-corrected chi connectivity index (χ3v) is 7.37. The number of carbonyl (C=O) groups excluding carboxylic acids is 2. The molecule has 1 amide bonds. The number of anilines is 1. The summed E-state index contributed by atoms with van der Waals surface area (Å²) >= 11 is 1.52. The number of benzene rings is 3. The van der Waals surface area contributed by atoms with Gasteiger partial charge in [-0.15, -0.1) is 0 Å². The first-order valence-electron chi connectivity index (χ1n) is 12.5. The van der Waals surface area contributed by atoms with Crippen molar-refractivity contribution in [3.8, 4) is 0 Å². The number of nitrogens with zero attached hydrogens (tertiary/aromatic N) is 2. The Morgan fingerprint density at radius 2 is 1.82 bits per heavy atom. The predicted octanol–water partition coefficient (Wildman–Crippen LogP) is 5.09. The molecule has 0 aliphatic carbocycles. The van der Waals surface area contributed by atoms with Crippen LogP contribution in [0.3, 0.4) is 0 Å². The zero-order valence-corrected chi connectivity index (χ0v) is 22.1. The van der Waals surface area contributed by atoms with Crippen LogP contribution >= 0.6 is 11.8 Å². The fraction of sp³-hybridized carbons (Fsp3) is 0.241. The van der Waals surface area contributed by atoms with E-state index in [4.69, 9.17) is 9.47 Å². The van der Waals surface area contributed by atoms with Crippen molar-refractivity contribution in [1.82, 2.24) is 15.2 Å². The van der Waals surface area contributed by atoms with Gasteiger partial charge in [0, 0.05) is 34.6 Å². The van der Waals surface area contributed by atoms with Gasteiger partial charge in [-0.2, -0.15) is 5.10 Å². The minimum atomic E-state index is -0.699. The number of carbonyl (C=O) groups is 2. The Balaban J connectivity index is 1.35. The smallest absolute Gasteiger partial charge is 0.255 e. The average Bonchev–Trinajstić information content (AvgIpc) is 3.50. The molecule has 1 aliphatic rings. The van der Waals surface area contributed by atoms with Gasteiger partial charge in [-0.3, -0.25) is 14.7 Å². The third-order valence-electron chi connectivity index (χ3n) is 6.36. The number of ether oxygens (including phenoxy) is 2. The maximum absolute atomic E-state index is 13.1. The minimum Gasteiger partial charge on any atom is -0.392 e. The summed E-state index contributed by atoms with van der Waals surface area (Å²) in [6, 6.07) is 21.7. The normalized spacial score (nSPS) is 19.0. The highest BCUT2D eigenvalue weighted by molar-refractivity contribution is 7.99. The SMILES string of the molecule is CC(=O)c1cccc(NC(=O)c2cccc(C3OC(CSc4ncn[nH]4)CC(c4ccc(CO)cc4)O3)c2)c1. The van der Waals surface area contributed by atoms with Crippen molar-refractivity contribution in [2.24, 2.45) is 0 Å². The van der Waals surface area contributed by atoms with E-state index in [0.717, 1.165) is 11.1 Å². The molecule has 3 N–H and O–H groups in total. The lowest BCUT2D eigenvalue weighted by molar-refractivity contribution is -0.245. The van der Waals surface area contributed by atoms with Crippen molar-refractivity contribution in [2.45, 2.75) is 43.6 Å². The topological polar surface area (TPSA) is 126 Å². The fourth-order valence-corrected chi connectivity index (χ4v) is 5.10. The number of aromatic nitrogens is 3. The molecule has 4 aromatic rings. The first-order chi connectivity index (χ1) is 19.0. The molecule has 3 atom stereocenters. The van der Waals surface area contributed by atoms with Gasteiger partial charge in [-0.05, 0) is 42.3 Å². The quantitative estimate of drug-likeness (QED) is 0.197. The second kappa shape index (κ2) is 12.4. The highest BCUT2D eigenvalue weighted by Gasteiger charge is 2.32. The van der Waals surface area contributed by atoms with Crippen molar-refractivity contribution in [1.29, 1.82) is 0 Å². The van der Waals surface area contributed by atoms with Crippen molar-refractivity contribution in [2.75, 3.05) is 11.1 Å². The molecule has 2 heterocycles. The van der Waals surface area contributed by atoms with Crippen molar-refractivity contribution < 1.29 is 24.2 Å². The Labute approximate surface area is 230 Å². The largest absolute Gasteiger partial charge is 0.392 e. The molecular formula is C29H28N4O5S. The lowest BCUT2D eigenvalue weighted by Gasteiger charge is -2.36. The summed E-state index contributed by atoms with van der Waals surface area (Å²) in [5.74, 6) is 0.255. The molecule has 0 bridgehead atoms. The maximum atomic E-state index is 13.1. The fourth-order valence-electron chi connectivity index (χ4n) is 4.30. The summed E-state index contributed by atoms with van der Waals surface area (Å²) in [4.78, 5) is 28.9. The van der Waals surface area contributed by atoms with Crippen LogP contribution in [-0.4, -0.2) is 43.8 Å². The van der Waals surface area contributed by atoms with Gasteiger partial charge in [-0.25, -0.2) is 4.98 Å². The van der Waals surface area contributed by atoms with E-state index in [1.165, 1.54) is 25.0 Å². The van der Waals surface area contributed by atoms with Crippen LogP contribution in [0, 0.1) is 0 Å². The predicted molar refractivity (Wildman–Crippen MR) is 146 cm³/mol. The number of aromatic amines is 1. The van der Waals surface area contributed by atoms with E-state index in [1.807, 2.05) is 30.3 Å². The Kier molecular flexibility index (Phi) is 8.48. The number of aliphatic hydroxyl groups excluding tert-OH is 1. The lowest BCUT2D eigenvalue weighted by Crippen LogP contribution is -2.31. The molecule has 10 heteroatoms. The van der Waals surface area contributed by atoms with Crippen LogP contribution < -0.4 is 5.32 Å². The lowest BCUT2D eigenvalue weighted by atomic mass is 10.0. The Bertz CT molecular complexity index is 1430. The van der Waals surface area contributed by atoms with E-state index in [1.54, 1.807) is 42.5 Å². The number of nitrogens with one attached hydrogen (secondary N) is 2. The van der Waals surface area contributed by atoms with Crippen LogP contribution in [0.5, 0.6) is 0 Å². The van der Waals surface area contributed by atoms with E-state index in [9.17, 15) is 14.7 Å². The monoisotopic (exact) mass is 544 g/mol. The zero-order chi connectivity index (χ0) is 27.2. The number of ketones is 1. The molecule has 1 aromatic heterocycles. The third kappa shape index (κ3) is 6.79. The molecule has 3 aromatic carbocycles. The van der Waals surface area contributed by atoms with Crippen LogP contribution in [-0.2, 0) is 16.1 Å². The zero-order valence-electron chi connectivity index (χ0n) is 21.2. The number of hydrogen-bond donors (Lipinski definition) is 3. The van der Waals surface area contributed by atoms with Crippen molar-refractivity contribution >= 4 is 29.1 Å². The maximum Gasteiger partial charge on any atom is 0.255 e. The highest BCUT2D eigenvalue weighted by atomic mass is 32.2. The van der Waals surface area contributed by atoms with Crippen molar-refractivity contribution in [3.63, 3.8) is 0 Å². The number of thioether (sulfide) groups is 1. The average molecular weight is 545 g/mol. The van der Waals surface area contributed by atoms with E-state index < -0.39 is 6.29 Å². The molecule has 1 fully saturated rings. The van der Waals surface area contributed by atoms with Crippen LogP contribution in [0.4, 0.5) is 5.69 Å². The number of aliphatic hydroxyl groups is 1. The highest BCUT2D eigenvalue weighted by Crippen LogP contribution is 2.39. The van der Waals surface area contributed by atoms with E-state index >= 15 is 0 Å². The van der Waals surface area contributed by atoms with Crippen LogP contribution in [0.1, 0.15) is 63.1 Å². The molecular weight excluding hydrogens is 516 g/mol. The molecule has 0 spiro atoms. The number of hydrogen-bond acceptors (Lipinski definition) is 8. The summed E-state index contributed by atoms with van der Waals surface area (Å²) in [5, 5.41) is 19.7. The second-order valence-corrected chi connectivity index (χ2v) is 10.2. The van der Waals surface area contributed by atoms with E-state index in [2.05, 4.69) is 20.5 Å². The Hall–Kier alpha value is -3.83. The molecule has 1 aliphatic heterocycles. The molecule has 1 saturated heterocycles. The van der Waals surface area contributed by atoms with Gasteiger partial charge in [-0.1, -0.05) is 60.3 Å². The molecule has 39 heavy (non-hydrogen) atoms. The first-order valence-corrected chi connectivity index (χ1v) is 13.5. The minimum absolute atomic E-state index is 0.0259. The molecule has 200 valence electrons. The Morgan fingerprint density at radius 3 is 2.56 bits per heavy atom. The first kappa shape index (κ1) is 26.8. The molecule has 9 nitrogen and oxygen atoms in total. The van der Waals surface area contributed by atoms with Gasteiger partial charge >= 0.3 is 0 Å². The Morgan fingerprint density at radius 1 is 1.03 bits per heavy atom. The van der Waals surface area contributed by atoms with E-state index in [0.29, 0.717) is 39.7 Å². The van der Waals surface area contributed by atoms with Gasteiger partial charge in [0.15, 0.2) is 17.2 Å². The molecule has 5 rings (SSSR count). The van der Waals surface area contributed by atoms with Crippen LogP contribution in [0.25, 0.3) is 0 Å². The van der Waals surface area contributed by atoms with Crippen LogP contribution in [0.2, 0.25) is 0 Å². The van der Waals surface area contributed by atoms with E-state index in [-0.39, 0.29) is 30.5 Å². The molecule has 0 radical (unpaired) electrons. The van der Waals surface area contributed by atoms with Gasteiger partial charge in [0.2, 0.25) is 0 Å². The number of Topliss-reactive ketones (excluding diaryl/α,β-unsaturated/α-hetero) is 1.